The number of nitro benzene ring substituents is 1. The largest absolute Gasteiger partial charge is 0.497 e. The van der Waals surface area contributed by atoms with Crippen LogP contribution in [0.3, 0.4) is 0 Å². The second kappa shape index (κ2) is 8.06. The molecule has 0 radical (unpaired) electrons. The summed E-state index contributed by atoms with van der Waals surface area (Å²) in [7, 11) is -2.54. The van der Waals surface area contributed by atoms with Crippen molar-refractivity contribution in [2.75, 3.05) is 20.2 Å². The second-order valence-corrected chi connectivity index (χ2v) is 8.53. The van der Waals surface area contributed by atoms with E-state index in [1.807, 2.05) is 18.2 Å². The molecule has 8 heteroatoms. The van der Waals surface area contributed by atoms with E-state index < -0.39 is 20.6 Å². The van der Waals surface area contributed by atoms with Crippen LogP contribution in [0, 0.1) is 16.0 Å². The van der Waals surface area contributed by atoms with E-state index in [2.05, 4.69) is 12.1 Å². The first kappa shape index (κ1) is 19.3. The Bertz CT molecular complexity index is 907. The fourth-order valence-corrected chi connectivity index (χ4v) is 5.03. The number of hydrogen-bond acceptors (Lipinski definition) is 5. The van der Waals surface area contributed by atoms with Crippen LogP contribution in [-0.4, -0.2) is 37.8 Å². The zero-order chi connectivity index (χ0) is 19.4. The normalized spacial score (nSPS) is 16.2. The lowest BCUT2D eigenvalue weighted by atomic mass is 9.91. The average molecular weight is 390 g/mol. The van der Waals surface area contributed by atoms with E-state index in [0.29, 0.717) is 19.0 Å². The van der Waals surface area contributed by atoms with Gasteiger partial charge in [-0.25, -0.2) is 8.42 Å². The summed E-state index contributed by atoms with van der Waals surface area (Å²) in [5, 5.41) is 11.3. The lowest BCUT2D eigenvalue weighted by Gasteiger charge is -2.31. The SMILES string of the molecule is COc1ccc(S(=O)(=O)N2CCC(Cc3ccccc3)CC2)c([N+](=O)[O-])c1. The highest BCUT2D eigenvalue weighted by Crippen LogP contribution is 2.32. The fraction of sp³-hybridized carbons (Fsp3) is 0.368. The van der Waals surface area contributed by atoms with Crippen molar-refractivity contribution >= 4 is 15.7 Å². The summed E-state index contributed by atoms with van der Waals surface area (Å²) < 4.78 is 32.2. The van der Waals surface area contributed by atoms with E-state index in [9.17, 15) is 18.5 Å². The number of hydrogen-bond donors (Lipinski definition) is 0. The van der Waals surface area contributed by atoms with Gasteiger partial charge in [0.05, 0.1) is 18.1 Å². The zero-order valence-corrected chi connectivity index (χ0v) is 15.9. The summed E-state index contributed by atoms with van der Waals surface area (Å²) in [6.45, 7) is 0.728. The van der Waals surface area contributed by atoms with Gasteiger partial charge in [0, 0.05) is 13.1 Å². The minimum atomic E-state index is -3.92. The quantitative estimate of drug-likeness (QED) is 0.558. The van der Waals surface area contributed by atoms with Crippen molar-refractivity contribution in [3.05, 3.63) is 64.2 Å². The molecule has 0 N–H and O–H groups in total. The van der Waals surface area contributed by atoms with Crippen molar-refractivity contribution in [2.24, 2.45) is 5.92 Å². The predicted molar refractivity (Wildman–Crippen MR) is 101 cm³/mol. The molecule has 144 valence electrons. The first-order chi connectivity index (χ1) is 12.9. The molecule has 0 bridgehead atoms. The van der Waals surface area contributed by atoms with Crippen LogP contribution in [0.4, 0.5) is 5.69 Å². The molecule has 1 fully saturated rings. The Kier molecular flexibility index (Phi) is 5.76. The van der Waals surface area contributed by atoms with Crippen LogP contribution in [-0.2, 0) is 16.4 Å². The Morgan fingerprint density at radius 1 is 1.15 bits per heavy atom. The Balaban J connectivity index is 1.74. The van der Waals surface area contributed by atoms with Crippen molar-refractivity contribution in [3.63, 3.8) is 0 Å². The molecule has 1 aliphatic rings. The smallest absolute Gasteiger partial charge is 0.293 e. The van der Waals surface area contributed by atoms with Gasteiger partial charge >= 0.3 is 0 Å². The summed E-state index contributed by atoms with van der Waals surface area (Å²) >= 11 is 0. The molecular formula is C19H22N2O5S. The lowest BCUT2D eigenvalue weighted by molar-refractivity contribution is -0.387. The van der Waals surface area contributed by atoms with Gasteiger partial charge in [0.25, 0.3) is 5.69 Å². The maximum Gasteiger partial charge on any atom is 0.293 e. The van der Waals surface area contributed by atoms with Crippen LogP contribution >= 0.6 is 0 Å². The van der Waals surface area contributed by atoms with E-state index in [1.54, 1.807) is 0 Å². The maximum absolute atomic E-state index is 13.0. The molecule has 2 aromatic carbocycles. The van der Waals surface area contributed by atoms with Crippen molar-refractivity contribution in [1.82, 2.24) is 4.31 Å². The van der Waals surface area contributed by atoms with E-state index in [0.717, 1.165) is 25.3 Å². The van der Waals surface area contributed by atoms with Crippen LogP contribution in [0.1, 0.15) is 18.4 Å². The Hall–Kier alpha value is -2.45. The minimum Gasteiger partial charge on any atom is -0.497 e. The number of piperidine rings is 1. The molecule has 1 aliphatic heterocycles. The van der Waals surface area contributed by atoms with Crippen LogP contribution in [0.15, 0.2) is 53.4 Å². The molecule has 27 heavy (non-hydrogen) atoms. The number of nitro groups is 1. The number of benzene rings is 2. The van der Waals surface area contributed by atoms with E-state index in [1.165, 1.54) is 29.1 Å². The van der Waals surface area contributed by atoms with E-state index >= 15 is 0 Å². The third-order valence-corrected chi connectivity index (χ3v) is 6.87. The number of sulfonamides is 1. The molecule has 1 heterocycles. The Morgan fingerprint density at radius 3 is 2.41 bits per heavy atom. The molecule has 1 saturated heterocycles. The Labute approximate surface area is 158 Å². The first-order valence-electron chi connectivity index (χ1n) is 8.78. The summed E-state index contributed by atoms with van der Waals surface area (Å²) in [6, 6.07) is 13.9. The second-order valence-electron chi connectivity index (χ2n) is 6.63. The Morgan fingerprint density at radius 2 is 1.81 bits per heavy atom. The van der Waals surface area contributed by atoms with Crippen molar-refractivity contribution < 1.29 is 18.1 Å². The van der Waals surface area contributed by atoms with Crippen molar-refractivity contribution in [2.45, 2.75) is 24.2 Å². The molecule has 3 rings (SSSR count). The summed E-state index contributed by atoms with van der Waals surface area (Å²) in [5.41, 5.74) is 0.783. The fourth-order valence-electron chi connectivity index (χ4n) is 3.43. The van der Waals surface area contributed by atoms with Crippen LogP contribution in [0.2, 0.25) is 0 Å². The molecule has 0 unspecified atom stereocenters. The standard InChI is InChI=1S/C19H22N2O5S/c1-26-17-7-8-19(18(14-17)21(22)23)27(24,25)20-11-9-16(10-12-20)13-15-5-3-2-4-6-15/h2-8,14,16H,9-13H2,1H3. The molecule has 0 saturated carbocycles. The molecular weight excluding hydrogens is 368 g/mol. The highest BCUT2D eigenvalue weighted by molar-refractivity contribution is 7.89. The van der Waals surface area contributed by atoms with Crippen LogP contribution in [0.25, 0.3) is 0 Å². The number of ether oxygens (including phenoxy) is 1. The van der Waals surface area contributed by atoms with Gasteiger partial charge in [-0.1, -0.05) is 30.3 Å². The van der Waals surface area contributed by atoms with Crippen LogP contribution < -0.4 is 4.74 Å². The molecule has 0 aromatic heterocycles. The molecule has 0 atom stereocenters. The van der Waals surface area contributed by atoms with E-state index in [4.69, 9.17) is 4.74 Å². The predicted octanol–water partition coefficient (Wildman–Crippen LogP) is 3.25. The highest BCUT2D eigenvalue weighted by Gasteiger charge is 2.34. The highest BCUT2D eigenvalue weighted by atomic mass is 32.2. The molecule has 7 nitrogen and oxygen atoms in total. The summed E-state index contributed by atoms with van der Waals surface area (Å²) in [5.74, 6) is 0.659. The molecule has 0 aliphatic carbocycles. The third kappa shape index (κ3) is 4.28. The summed E-state index contributed by atoms with van der Waals surface area (Å²) in [6.07, 6.45) is 2.38. The number of nitrogens with zero attached hydrogens (tertiary/aromatic N) is 2. The van der Waals surface area contributed by atoms with Crippen LogP contribution in [0.5, 0.6) is 5.75 Å². The average Bonchev–Trinajstić information content (AvgIpc) is 2.68. The first-order valence-corrected chi connectivity index (χ1v) is 10.2. The van der Waals surface area contributed by atoms with Gasteiger partial charge in [0.15, 0.2) is 4.90 Å². The van der Waals surface area contributed by atoms with Gasteiger partial charge in [0.1, 0.15) is 5.75 Å². The number of methoxy groups -OCH3 is 1. The molecule has 2 aromatic rings. The van der Waals surface area contributed by atoms with Crippen molar-refractivity contribution in [1.29, 1.82) is 0 Å². The molecule has 0 spiro atoms. The van der Waals surface area contributed by atoms with Gasteiger partial charge in [-0.05, 0) is 42.9 Å². The minimum absolute atomic E-state index is 0.252. The lowest BCUT2D eigenvalue weighted by Crippen LogP contribution is -2.39. The number of rotatable bonds is 6. The molecule has 0 amide bonds. The van der Waals surface area contributed by atoms with Gasteiger partial charge in [0.2, 0.25) is 10.0 Å². The van der Waals surface area contributed by atoms with Gasteiger partial charge in [-0.3, -0.25) is 10.1 Å². The monoisotopic (exact) mass is 390 g/mol. The zero-order valence-electron chi connectivity index (χ0n) is 15.1. The summed E-state index contributed by atoms with van der Waals surface area (Å²) in [4.78, 5) is 10.4. The van der Waals surface area contributed by atoms with E-state index in [-0.39, 0.29) is 10.6 Å². The van der Waals surface area contributed by atoms with Gasteiger partial charge in [-0.15, -0.1) is 0 Å². The van der Waals surface area contributed by atoms with Gasteiger partial charge in [-0.2, -0.15) is 4.31 Å². The maximum atomic E-state index is 13.0. The van der Waals surface area contributed by atoms with Gasteiger partial charge < -0.3 is 4.74 Å². The third-order valence-electron chi connectivity index (χ3n) is 4.92. The topological polar surface area (TPSA) is 89.8 Å². The van der Waals surface area contributed by atoms with Crippen molar-refractivity contribution in [3.8, 4) is 5.75 Å².